The van der Waals surface area contributed by atoms with E-state index >= 15 is 0 Å². The Balaban J connectivity index is 2.62. The summed E-state index contributed by atoms with van der Waals surface area (Å²) in [7, 11) is 0. The van der Waals surface area contributed by atoms with Crippen LogP contribution in [-0.2, 0) is 16.1 Å². The zero-order valence-corrected chi connectivity index (χ0v) is 13.0. The average Bonchev–Trinajstić information content (AvgIpc) is 2.53. The Morgan fingerprint density at radius 2 is 1.91 bits per heavy atom. The maximum Gasteiger partial charge on any atom is 0.320 e. The second-order valence-electron chi connectivity index (χ2n) is 5.28. The summed E-state index contributed by atoms with van der Waals surface area (Å²) in [6, 6.07) is 6.89. The van der Waals surface area contributed by atoms with Gasteiger partial charge in [-0.1, -0.05) is 50.6 Å². The molecule has 0 spiro atoms. The van der Waals surface area contributed by atoms with Gasteiger partial charge in [0.05, 0.1) is 0 Å². The number of aliphatic carboxylic acids is 1. The minimum absolute atomic E-state index is 0.0594. The van der Waals surface area contributed by atoms with Gasteiger partial charge >= 0.3 is 5.97 Å². The molecule has 5 nitrogen and oxygen atoms in total. The van der Waals surface area contributed by atoms with E-state index in [0.717, 1.165) is 17.5 Å². The Bertz CT molecular complexity index is 522. The molecule has 2 atom stereocenters. The van der Waals surface area contributed by atoms with Gasteiger partial charge < -0.3 is 15.5 Å². The van der Waals surface area contributed by atoms with Gasteiger partial charge in [0.2, 0.25) is 0 Å². The van der Waals surface area contributed by atoms with Crippen molar-refractivity contribution < 1.29 is 19.8 Å². The van der Waals surface area contributed by atoms with E-state index in [2.05, 4.69) is 5.32 Å². The number of aliphatic hydroxyl groups is 1. The number of aliphatic hydroxyl groups excluding tert-OH is 1. The molecule has 0 radical (unpaired) electrons. The van der Waals surface area contributed by atoms with Crippen LogP contribution in [0.3, 0.4) is 0 Å². The summed E-state index contributed by atoms with van der Waals surface area (Å²) >= 11 is 0. The van der Waals surface area contributed by atoms with Crippen LogP contribution in [-0.4, -0.2) is 34.6 Å². The SMILES string of the molecule is CCC(C)[C@H](NCc1ccc(/C=C/C(=O)CO)cc1)C(=O)O. The smallest absolute Gasteiger partial charge is 0.320 e. The minimum Gasteiger partial charge on any atom is -0.480 e. The fraction of sp³-hybridized carbons (Fsp3) is 0.412. The summed E-state index contributed by atoms with van der Waals surface area (Å²) in [5.41, 5.74) is 1.82. The maximum absolute atomic E-state index is 11.2. The number of hydrogen-bond donors (Lipinski definition) is 3. The molecule has 0 aliphatic carbocycles. The van der Waals surface area contributed by atoms with Crippen LogP contribution in [0.25, 0.3) is 6.08 Å². The van der Waals surface area contributed by atoms with Gasteiger partial charge in [-0.15, -0.1) is 0 Å². The van der Waals surface area contributed by atoms with Crippen LogP contribution in [0.2, 0.25) is 0 Å². The molecule has 0 fully saturated rings. The van der Waals surface area contributed by atoms with Crippen LogP contribution < -0.4 is 5.32 Å². The van der Waals surface area contributed by atoms with Crippen LogP contribution >= 0.6 is 0 Å². The Labute approximate surface area is 130 Å². The fourth-order valence-corrected chi connectivity index (χ4v) is 1.98. The zero-order valence-electron chi connectivity index (χ0n) is 13.0. The van der Waals surface area contributed by atoms with Crippen molar-refractivity contribution in [3.05, 3.63) is 41.5 Å². The molecule has 1 aromatic rings. The first-order chi connectivity index (χ1) is 10.5. The zero-order chi connectivity index (χ0) is 16.5. The van der Waals surface area contributed by atoms with Crippen molar-refractivity contribution in [2.45, 2.75) is 32.9 Å². The number of benzene rings is 1. The second-order valence-corrected chi connectivity index (χ2v) is 5.28. The highest BCUT2D eigenvalue weighted by atomic mass is 16.4. The van der Waals surface area contributed by atoms with Crippen molar-refractivity contribution in [3.8, 4) is 0 Å². The van der Waals surface area contributed by atoms with Crippen molar-refractivity contribution in [2.24, 2.45) is 5.92 Å². The highest BCUT2D eigenvalue weighted by Gasteiger charge is 2.22. The number of carbonyl (C=O) groups is 2. The first-order valence-electron chi connectivity index (χ1n) is 7.34. The Morgan fingerprint density at radius 1 is 1.27 bits per heavy atom. The van der Waals surface area contributed by atoms with Crippen molar-refractivity contribution >= 4 is 17.8 Å². The summed E-state index contributed by atoms with van der Waals surface area (Å²) in [5, 5.41) is 20.9. The molecule has 5 heteroatoms. The minimum atomic E-state index is -0.837. The number of ketones is 1. The van der Waals surface area contributed by atoms with E-state index in [1.807, 2.05) is 38.1 Å². The quantitative estimate of drug-likeness (QED) is 0.606. The number of rotatable bonds is 9. The molecule has 3 N–H and O–H groups in total. The lowest BCUT2D eigenvalue weighted by molar-refractivity contribution is -0.140. The Hall–Kier alpha value is -1.98. The Kier molecular flexibility index (Phi) is 7.49. The van der Waals surface area contributed by atoms with Gasteiger partial charge in [0.1, 0.15) is 12.6 Å². The highest BCUT2D eigenvalue weighted by molar-refractivity contribution is 5.94. The van der Waals surface area contributed by atoms with E-state index in [4.69, 9.17) is 5.11 Å². The molecule has 1 aromatic carbocycles. The molecule has 0 saturated carbocycles. The van der Waals surface area contributed by atoms with Crippen LogP contribution in [0.5, 0.6) is 0 Å². The monoisotopic (exact) mass is 305 g/mol. The average molecular weight is 305 g/mol. The van der Waals surface area contributed by atoms with Gasteiger partial charge in [-0.25, -0.2) is 0 Å². The molecule has 0 aliphatic heterocycles. The predicted octanol–water partition coefficient (Wildman–Crippen LogP) is 1.85. The van der Waals surface area contributed by atoms with Gasteiger partial charge in [-0.3, -0.25) is 9.59 Å². The molecule has 0 amide bonds. The molecular formula is C17H23NO4. The molecule has 0 saturated heterocycles. The van der Waals surface area contributed by atoms with E-state index in [-0.39, 0.29) is 11.7 Å². The summed E-state index contributed by atoms with van der Waals surface area (Å²) in [6.45, 7) is 3.86. The number of carboxylic acids is 1. The molecule has 1 rings (SSSR count). The molecule has 1 unspecified atom stereocenters. The van der Waals surface area contributed by atoms with Gasteiger partial charge in [0.15, 0.2) is 5.78 Å². The van der Waals surface area contributed by atoms with Gasteiger partial charge in [0, 0.05) is 6.54 Å². The number of nitrogens with one attached hydrogen (secondary N) is 1. The van der Waals surface area contributed by atoms with E-state index in [9.17, 15) is 14.7 Å². The molecule has 0 aromatic heterocycles. The summed E-state index contributed by atoms with van der Waals surface area (Å²) in [4.78, 5) is 22.2. The van der Waals surface area contributed by atoms with Crippen molar-refractivity contribution in [1.29, 1.82) is 0 Å². The lowest BCUT2D eigenvalue weighted by Gasteiger charge is -2.20. The third kappa shape index (κ3) is 5.79. The van der Waals surface area contributed by atoms with Crippen molar-refractivity contribution in [3.63, 3.8) is 0 Å². The predicted molar refractivity (Wildman–Crippen MR) is 85.3 cm³/mol. The first kappa shape index (κ1) is 18.1. The third-order valence-corrected chi connectivity index (χ3v) is 3.60. The third-order valence-electron chi connectivity index (χ3n) is 3.60. The summed E-state index contributed by atoms with van der Waals surface area (Å²) in [5.74, 6) is -1.12. The number of hydrogen-bond acceptors (Lipinski definition) is 4. The van der Waals surface area contributed by atoms with Gasteiger partial charge in [-0.2, -0.15) is 0 Å². The lowest BCUT2D eigenvalue weighted by Crippen LogP contribution is -2.41. The van der Waals surface area contributed by atoms with Gasteiger partial charge in [0.25, 0.3) is 0 Å². The maximum atomic E-state index is 11.2. The molecule has 120 valence electrons. The lowest BCUT2D eigenvalue weighted by atomic mass is 9.99. The van der Waals surface area contributed by atoms with E-state index in [1.165, 1.54) is 6.08 Å². The number of carbonyl (C=O) groups excluding carboxylic acids is 1. The number of carboxylic acid groups (broad SMARTS) is 1. The van der Waals surface area contributed by atoms with Crippen molar-refractivity contribution in [2.75, 3.05) is 6.61 Å². The second kappa shape index (κ2) is 9.12. The molecule has 0 aliphatic rings. The molecule has 0 bridgehead atoms. The van der Waals surface area contributed by atoms with Crippen LogP contribution in [0.1, 0.15) is 31.4 Å². The summed E-state index contributed by atoms with van der Waals surface area (Å²) in [6.07, 6.45) is 3.76. The summed E-state index contributed by atoms with van der Waals surface area (Å²) < 4.78 is 0. The highest BCUT2D eigenvalue weighted by Crippen LogP contribution is 2.10. The van der Waals surface area contributed by atoms with Gasteiger partial charge in [-0.05, 0) is 23.1 Å². The van der Waals surface area contributed by atoms with E-state index in [1.54, 1.807) is 6.08 Å². The van der Waals surface area contributed by atoms with Crippen molar-refractivity contribution in [1.82, 2.24) is 5.32 Å². The normalized spacial score (nSPS) is 14.0. The Morgan fingerprint density at radius 3 is 2.41 bits per heavy atom. The first-order valence-corrected chi connectivity index (χ1v) is 7.34. The standard InChI is InChI=1S/C17H23NO4/c1-3-12(2)16(17(21)22)18-10-14-6-4-13(5-7-14)8-9-15(20)11-19/h4-9,12,16,18-19H,3,10-11H2,1-2H3,(H,21,22)/b9-8+/t12?,16-/m0/s1. The molecule has 0 heterocycles. The van der Waals surface area contributed by atoms with E-state index in [0.29, 0.717) is 6.54 Å². The van der Waals surface area contributed by atoms with Crippen LogP contribution in [0, 0.1) is 5.92 Å². The van der Waals surface area contributed by atoms with E-state index < -0.39 is 18.6 Å². The molecule has 22 heavy (non-hydrogen) atoms. The topological polar surface area (TPSA) is 86.6 Å². The van der Waals surface area contributed by atoms with Crippen LogP contribution in [0.4, 0.5) is 0 Å². The van der Waals surface area contributed by atoms with Crippen LogP contribution in [0.15, 0.2) is 30.3 Å². The largest absolute Gasteiger partial charge is 0.480 e. The fourth-order valence-electron chi connectivity index (χ4n) is 1.98. The molecular weight excluding hydrogens is 282 g/mol.